The molecule has 0 unspecified atom stereocenters. The predicted molar refractivity (Wildman–Crippen MR) is 134 cm³/mol. The number of rotatable bonds is 7. The van der Waals surface area contributed by atoms with E-state index in [2.05, 4.69) is 20.4 Å². The van der Waals surface area contributed by atoms with Gasteiger partial charge in [0, 0.05) is 11.1 Å². The lowest BCUT2D eigenvalue weighted by Crippen LogP contribution is -2.17. The van der Waals surface area contributed by atoms with Gasteiger partial charge in [-0.15, -0.1) is 10.2 Å². The van der Waals surface area contributed by atoms with Crippen molar-refractivity contribution in [2.24, 2.45) is 20.4 Å². The first-order chi connectivity index (χ1) is 16.7. The Morgan fingerprint density at radius 2 is 0.824 bits per heavy atom. The van der Waals surface area contributed by atoms with Crippen molar-refractivity contribution >= 4 is 23.9 Å². The molecule has 0 aliphatic carbocycles. The number of hydrogen-bond acceptors (Lipinski definition) is 4. The van der Waals surface area contributed by atoms with Gasteiger partial charge in [0.25, 0.3) is 0 Å². The van der Waals surface area contributed by atoms with Gasteiger partial charge in [-0.2, -0.15) is 10.2 Å². The third kappa shape index (κ3) is 6.23. The lowest BCUT2D eigenvalue weighted by Gasteiger charge is -2.08. The summed E-state index contributed by atoms with van der Waals surface area (Å²) in [4.78, 5) is 0. The van der Waals surface area contributed by atoms with Gasteiger partial charge in [-0.05, 0) is 35.4 Å². The van der Waals surface area contributed by atoms with Crippen molar-refractivity contribution in [3.05, 3.63) is 143 Å². The molecule has 0 bridgehead atoms. The molecule has 4 nitrogen and oxygen atoms in total. The summed E-state index contributed by atoms with van der Waals surface area (Å²) in [5, 5.41) is 17.4. The summed E-state index contributed by atoms with van der Waals surface area (Å²) in [6, 6.07) is 31.0. The van der Waals surface area contributed by atoms with Gasteiger partial charge in [0.2, 0.25) is 0 Å². The van der Waals surface area contributed by atoms with Crippen LogP contribution in [0.15, 0.2) is 130 Å². The maximum absolute atomic E-state index is 13.2. The molecule has 4 rings (SSSR count). The molecule has 0 spiro atoms. The Morgan fingerprint density at radius 3 is 1.18 bits per heavy atom. The molecule has 0 amide bonds. The van der Waals surface area contributed by atoms with Gasteiger partial charge in [0.15, 0.2) is 0 Å². The van der Waals surface area contributed by atoms with E-state index < -0.39 is 0 Å². The van der Waals surface area contributed by atoms with Crippen LogP contribution < -0.4 is 0 Å². The molecule has 34 heavy (non-hydrogen) atoms. The average Bonchev–Trinajstić information content (AvgIpc) is 2.88. The Hall–Kier alpha value is -4.58. The number of nitrogens with zero attached hydrogens (tertiary/aromatic N) is 4. The van der Waals surface area contributed by atoms with E-state index in [1.807, 2.05) is 60.7 Å². The summed E-state index contributed by atoms with van der Waals surface area (Å²) in [5.74, 6) is -0.633. The van der Waals surface area contributed by atoms with Crippen LogP contribution in [0.4, 0.5) is 8.78 Å². The summed E-state index contributed by atoms with van der Waals surface area (Å²) >= 11 is 0. The minimum absolute atomic E-state index is 0.317. The predicted octanol–water partition coefficient (Wildman–Crippen LogP) is 6.31. The van der Waals surface area contributed by atoms with Crippen molar-refractivity contribution in [1.82, 2.24) is 0 Å². The maximum atomic E-state index is 13.2. The summed E-state index contributed by atoms with van der Waals surface area (Å²) in [6.07, 6.45) is 3.10. The Morgan fingerprint density at radius 1 is 0.471 bits per heavy atom. The quantitative estimate of drug-likeness (QED) is 0.234. The maximum Gasteiger partial charge on any atom is 0.123 e. The molecule has 4 aromatic carbocycles. The van der Waals surface area contributed by atoms with Crippen molar-refractivity contribution in [3.63, 3.8) is 0 Å². The van der Waals surface area contributed by atoms with Crippen LogP contribution in [0.25, 0.3) is 0 Å². The van der Waals surface area contributed by atoms with Crippen molar-refractivity contribution in [1.29, 1.82) is 0 Å². The standard InChI is InChI=1S/C28H20F2N4/c29-25-15-11-21(12-16-25)19-31-33-27(23-7-3-1-4-8-23)28(24-9-5-2-6-10-24)34-32-20-22-13-17-26(30)18-14-22/h1-20H/b31-19-,32-20-,33-27-,34-28-. The largest absolute Gasteiger partial charge is 0.207 e. The second kappa shape index (κ2) is 11.3. The fourth-order valence-corrected chi connectivity index (χ4v) is 3.08. The number of benzene rings is 4. The molecule has 0 N–H and O–H groups in total. The third-order valence-corrected chi connectivity index (χ3v) is 4.79. The first kappa shape index (κ1) is 22.6. The molecular formula is C28H20F2N4. The molecule has 0 saturated carbocycles. The van der Waals surface area contributed by atoms with Crippen LogP contribution in [0, 0.1) is 11.6 Å². The van der Waals surface area contributed by atoms with Crippen molar-refractivity contribution < 1.29 is 8.78 Å². The molecule has 0 aromatic heterocycles. The minimum Gasteiger partial charge on any atom is -0.207 e. The molecule has 4 aromatic rings. The molecule has 0 saturated heterocycles. The molecule has 0 atom stereocenters. The normalized spacial score (nSPS) is 12.5. The zero-order chi connectivity index (χ0) is 23.6. The summed E-state index contributed by atoms with van der Waals surface area (Å²) < 4.78 is 26.4. The van der Waals surface area contributed by atoms with Crippen LogP contribution in [-0.4, -0.2) is 23.9 Å². The van der Waals surface area contributed by atoms with E-state index in [1.54, 1.807) is 36.7 Å². The Balaban J connectivity index is 1.76. The number of halogens is 2. The lowest BCUT2D eigenvalue weighted by molar-refractivity contribution is 0.627. The van der Waals surface area contributed by atoms with E-state index in [0.29, 0.717) is 22.6 Å². The van der Waals surface area contributed by atoms with Gasteiger partial charge in [-0.25, -0.2) is 8.78 Å². The van der Waals surface area contributed by atoms with Gasteiger partial charge < -0.3 is 0 Å². The first-order valence-corrected chi connectivity index (χ1v) is 10.5. The zero-order valence-corrected chi connectivity index (χ0v) is 18.1. The number of hydrogen-bond donors (Lipinski definition) is 0. The average molecular weight is 450 g/mol. The molecule has 0 fully saturated rings. The molecular weight excluding hydrogens is 430 g/mol. The highest BCUT2D eigenvalue weighted by Gasteiger charge is 2.14. The minimum atomic E-state index is -0.317. The van der Waals surface area contributed by atoms with Gasteiger partial charge in [-0.1, -0.05) is 84.9 Å². The van der Waals surface area contributed by atoms with Crippen LogP contribution in [0.1, 0.15) is 22.3 Å². The summed E-state index contributed by atoms with van der Waals surface area (Å²) in [7, 11) is 0. The van der Waals surface area contributed by atoms with E-state index in [4.69, 9.17) is 0 Å². The summed E-state index contributed by atoms with van der Waals surface area (Å²) in [5.41, 5.74) is 4.06. The highest BCUT2D eigenvalue weighted by molar-refractivity contribution is 6.53. The first-order valence-electron chi connectivity index (χ1n) is 10.5. The van der Waals surface area contributed by atoms with Gasteiger partial charge in [-0.3, -0.25) is 0 Å². The second-order valence-electron chi connectivity index (χ2n) is 7.22. The Kier molecular flexibility index (Phi) is 7.54. The van der Waals surface area contributed by atoms with E-state index in [9.17, 15) is 8.78 Å². The lowest BCUT2D eigenvalue weighted by atomic mass is 10.00. The van der Waals surface area contributed by atoms with Crippen molar-refractivity contribution in [2.45, 2.75) is 0 Å². The highest BCUT2D eigenvalue weighted by atomic mass is 19.1. The van der Waals surface area contributed by atoms with Gasteiger partial charge in [0.1, 0.15) is 23.1 Å². The topological polar surface area (TPSA) is 49.4 Å². The van der Waals surface area contributed by atoms with Gasteiger partial charge in [0.05, 0.1) is 12.4 Å². The molecule has 6 heteroatoms. The van der Waals surface area contributed by atoms with Crippen LogP contribution in [0.3, 0.4) is 0 Å². The van der Waals surface area contributed by atoms with Crippen LogP contribution in [0.5, 0.6) is 0 Å². The Bertz CT molecular complexity index is 1220. The molecule has 0 heterocycles. The fraction of sp³-hybridized carbons (Fsp3) is 0. The third-order valence-electron chi connectivity index (χ3n) is 4.79. The monoisotopic (exact) mass is 450 g/mol. The highest BCUT2D eigenvalue weighted by Crippen LogP contribution is 2.12. The Labute approximate surface area is 196 Å². The van der Waals surface area contributed by atoms with Crippen LogP contribution in [0.2, 0.25) is 0 Å². The zero-order valence-electron chi connectivity index (χ0n) is 18.1. The van der Waals surface area contributed by atoms with E-state index >= 15 is 0 Å². The molecule has 0 aliphatic heterocycles. The SMILES string of the molecule is Fc1ccc(\C=N/N=C(\C(=N/N=C\c2ccc(F)cc2)c2ccccc2)c2ccccc2)cc1. The molecule has 0 radical (unpaired) electrons. The summed E-state index contributed by atoms with van der Waals surface area (Å²) in [6.45, 7) is 0. The van der Waals surface area contributed by atoms with E-state index in [1.165, 1.54) is 24.3 Å². The fourth-order valence-electron chi connectivity index (χ4n) is 3.08. The molecule has 0 aliphatic rings. The van der Waals surface area contributed by atoms with E-state index in [-0.39, 0.29) is 11.6 Å². The van der Waals surface area contributed by atoms with Crippen LogP contribution >= 0.6 is 0 Å². The second-order valence-corrected chi connectivity index (χ2v) is 7.22. The van der Waals surface area contributed by atoms with Gasteiger partial charge >= 0.3 is 0 Å². The van der Waals surface area contributed by atoms with E-state index in [0.717, 1.165) is 11.1 Å². The molecule has 166 valence electrons. The smallest absolute Gasteiger partial charge is 0.123 e. The van der Waals surface area contributed by atoms with Crippen molar-refractivity contribution in [3.8, 4) is 0 Å². The van der Waals surface area contributed by atoms with Crippen LogP contribution in [-0.2, 0) is 0 Å². The van der Waals surface area contributed by atoms with Crippen molar-refractivity contribution in [2.75, 3.05) is 0 Å².